The zero-order chi connectivity index (χ0) is 6.27. The van der Waals surface area contributed by atoms with E-state index in [1.807, 2.05) is 0 Å². The average molecular weight is 125 g/mol. The Hall–Kier alpha value is -0.370. The van der Waals surface area contributed by atoms with Crippen molar-refractivity contribution in [1.82, 2.24) is 5.32 Å². The Balaban J connectivity index is 1.81. The summed E-state index contributed by atoms with van der Waals surface area (Å²) < 4.78 is 0. The van der Waals surface area contributed by atoms with Gasteiger partial charge in [0, 0.05) is 12.8 Å². The molecule has 9 heavy (non-hydrogen) atoms. The Kier molecular flexibility index (Phi) is 1.09. The molecule has 1 N–H and O–H groups in total. The molecule has 1 saturated heterocycles. The number of ketones is 1. The zero-order valence-electron chi connectivity index (χ0n) is 5.39. The molecule has 0 spiro atoms. The Bertz CT molecular complexity index is 132. The highest BCUT2D eigenvalue weighted by Gasteiger charge is 2.36. The van der Waals surface area contributed by atoms with Crippen molar-refractivity contribution in [2.24, 2.45) is 11.8 Å². The van der Waals surface area contributed by atoms with Crippen molar-refractivity contribution < 1.29 is 4.79 Å². The second-order valence-corrected chi connectivity index (χ2v) is 3.13. The van der Waals surface area contributed by atoms with E-state index in [4.69, 9.17) is 0 Å². The lowest BCUT2D eigenvalue weighted by Crippen LogP contribution is -2.49. The first kappa shape index (κ1) is 5.42. The van der Waals surface area contributed by atoms with Crippen LogP contribution in [0.2, 0.25) is 0 Å². The first-order valence-electron chi connectivity index (χ1n) is 3.58. The number of nitrogens with one attached hydrogen (secondary N) is 1. The first-order valence-corrected chi connectivity index (χ1v) is 3.58. The van der Waals surface area contributed by atoms with Crippen molar-refractivity contribution in [3.05, 3.63) is 0 Å². The minimum Gasteiger partial charge on any atom is -0.316 e. The maximum absolute atomic E-state index is 10.5. The van der Waals surface area contributed by atoms with Crippen LogP contribution >= 0.6 is 0 Å². The fourth-order valence-corrected chi connectivity index (χ4v) is 1.50. The standard InChI is InChI=1S/C7H11NO/c9-7-1-5(2-7)6-3-8-4-6/h5-6,8H,1-4H2. The molecule has 0 bridgehead atoms. The molecular weight excluding hydrogens is 114 g/mol. The number of hydrogen-bond acceptors (Lipinski definition) is 2. The van der Waals surface area contributed by atoms with E-state index in [2.05, 4.69) is 5.32 Å². The minimum atomic E-state index is 0.465. The summed E-state index contributed by atoms with van der Waals surface area (Å²) in [5, 5.41) is 3.21. The van der Waals surface area contributed by atoms with Crippen molar-refractivity contribution in [3.63, 3.8) is 0 Å². The Labute approximate surface area is 54.6 Å². The highest BCUT2D eigenvalue weighted by Crippen LogP contribution is 2.32. The van der Waals surface area contributed by atoms with Gasteiger partial charge < -0.3 is 5.32 Å². The van der Waals surface area contributed by atoms with E-state index in [9.17, 15) is 4.79 Å². The largest absolute Gasteiger partial charge is 0.316 e. The molecule has 2 nitrogen and oxygen atoms in total. The van der Waals surface area contributed by atoms with Crippen LogP contribution in [0.3, 0.4) is 0 Å². The summed E-state index contributed by atoms with van der Waals surface area (Å²) >= 11 is 0. The van der Waals surface area contributed by atoms with Gasteiger partial charge in [-0.2, -0.15) is 0 Å². The van der Waals surface area contributed by atoms with Crippen LogP contribution in [-0.2, 0) is 4.79 Å². The fraction of sp³-hybridized carbons (Fsp3) is 0.857. The molecule has 0 atom stereocenters. The molecule has 0 unspecified atom stereocenters. The molecule has 0 radical (unpaired) electrons. The monoisotopic (exact) mass is 125 g/mol. The molecular formula is C7H11NO. The molecule has 2 fully saturated rings. The van der Waals surface area contributed by atoms with E-state index in [0.717, 1.165) is 37.8 Å². The SMILES string of the molecule is O=C1CC(C2CNC2)C1. The van der Waals surface area contributed by atoms with E-state index < -0.39 is 0 Å². The maximum atomic E-state index is 10.5. The lowest BCUT2D eigenvalue weighted by molar-refractivity contribution is -0.129. The van der Waals surface area contributed by atoms with Crippen molar-refractivity contribution in [1.29, 1.82) is 0 Å². The summed E-state index contributed by atoms with van der Waals surface area (Å²) in [6.45, 7) is 2.30. The minimum absolute atomic E-state index is 0.465. The molecule has 50 valence electrons. The lowest BCUT2D eigenvalue weighted by Gasteiger charge is -2.38. The van der Waals surface area contributed by atoms with E-state index >= 15 is 0 Å². The van der Waals surface area contributed by atoms with Crippen LogP contribution in [0.15, 0.2) is 0 Å². The normalized spacial score (nSPS) is 29.6. The van der Waals surface area contributed by atoms with Gasteiger partial charge in [0.25, 0.3) is 0 Å². The van der Waals surface area contributed by atoms with Crippen LogP contribution in [0.25, 0.3) is 0 Å². The molecule has 1 heterocycles. The average Bonchev–Trinajstić information content (AvgIpc) is 1.57. The fourth-order valence-electron chi connectivity index (χ4n) is 1.50. The molecule has 0 aromatic rings. The van der Waals surface area contributed by atoms with Crippen LogP contribution in [0, 0.1) is 11.8 Å². The second-order valence-electron chi connectivity index (χ2n) is 3.13. The third-order valence-corrected chi connectivity index (χ3v) is 2.46. The number of Topliss-reactive ketones (excluding diaryl/α,β-unsaturated/α-hetero) is 1. The van der Waals surface area contributed by atoms with E-state index in [1.54, 1.807) is 0 Å². The summed E-state index contributed by atoms with van der Waals surface area (Å²) in [6, 6.07) is 0. The summed E-state index contributed by atoms with van der Waals surface area (Å²) in [5.74, 6) is 2.05. The van der Waals surface area contributed by atoms with Crippen LogP contribution in [0.4, 0.5) is 0 Å². The molecule has 2 rings (SSSR count). The van der Waals surface area contributed by atoms with Crippen LogP contribution in [0.1, 0.15) is 12.8 Å². The molecule has 0 aromatic carbocycles. The van der Waals surface area contributed by atoms with E-state index in [-0.39, 0.29) is 0 Å². The Morgan fingerprint density at radius 2 is 1.89 bits per heavy atom. The van der Waals surface area contributed by atoms with E-state index in [1.165, 1.54) is 0 Å². The summed E-state index contributed by atoms with van der Waals surface area (Å²) in [6.07, 6.45) is 1.73. The van der Waals surface area contributed by atoms with Crippen LogP contribution in [0.5, 0.6) is 0 Å². The van der Waals surface area contributed by atoms with Crippen LogP contribution < -0.4 is 5.32 Å². The summed E-state index contributed by atoms with van der Waals surface area (Å²) in [4.78, 5) is 10.5. The lowest BCUT2D eigenvalue weighted by atomic mass is 9.72. The topological polar surface area (TPSA) is 29.1 Å². The van der Waals surface area contributed by atoms with Gasteiger partial charge >= 0.3 is 0 Å². The quantitative estimate of drug-likeness (QED) is 0.542. The Morgan fingerprint density at radius 3 is 2.22 bits per heavy atom. The van der Waals surface area contributed by atoms with Crippen molar-refractivity contribution in [3.8, 4) is 0 Å². The predicted molar refractivity (Wildman–Crippen MR) is 34.1 cm³/mol. The zero-order valence-corrected chi connectivity index (χ0v) is 5.39. The smallest absolute Gasteiger partial charge is 0.133 e. The van der Waals surface area contributed by atoms with Gasteiger partial charge in [-0.25, -0.2) is 0 Å². The van der Waals surface area contributed by atoms with E-state index in [0.29, 0.717) is 5.78 Å². The van der Waals surface area contributed by atoms with Gasteiger partial charge in [-0.1, -0.05) is 0 Å². The third-order valence-electron chi connectivity index (χ3n) is 2.46. The molecule has 0 aromatic heterocycles. The number of carbonyl (C=O) groups is 1. The first-order chi connectivity index (χ1) is 4.36. The van der Waals surface area contributed by atoms with Crippen molar-refractivity contribution >= 4 is 5.78 Å². The molecule has 1 saturated carbocycles. The number of hydrogen-bond donors (Lipinski definition) is 1. The van der Waals surface area contributed by atoms with Gasteiger partial charge in [0.15, 0.2) is 0 Å². The van der Waals surface area contributed by atoms with Gasteiger partial charge in [-0.3, -0.25) is 4.79 Å². The second kappa shape index (κ2) is 1.81. The van der Waals surface area contributed by atoms with Crippen molar-refractivity contribution in [2.45, 2.75) is 12.8 Å². The molecule has 1 aliphatic heterocycles. The number of rotatable bonds is 1. The maximum Gasteiger partial charge on any atom is 0.133 e. The molecule has 1 aliphatic carbocycles. The van der Waals surface area contributed by atoms with Gasteiger partial charge in [0.05, 0.1) is 0 Å². The van der Waals surface area contributed by atoms with Gasteiger partial charge in [0.2, 0.25) is 0 Å². The van der Waals surface area contributed by atoms with Gasteiger partial charge in [-0.05, 0) is 24.9 Å². The van der Waals surface area contributed by atoms with Crippen LogP contribution in [-0.4, -0.2) is 18.9 Å². The van der Waals surface area contributed by atoms with Crippen molar-refractivity contribution in [2.75, 3.05) is 13.1 Å². The predicted octanol–water partition coefficient (Wildman–Crippen LogP) is 0.185. The Morgan fingerprint density at radius 1 is 1.22 bits per heavy atom. The summed E-state index contributed by atoms with van der Waals surface area (Å²) in [5.41, 5.74) is 0. The third kappa shape index (κ3) is 0.778. The highest BCUT2D eigenvalue weighted by atomic mass is 16.1. The molecule has 0 amide bonds. The molecule has 2 heteroatoms. The summed E-state index contributed by atoms with van der Waals surface area (Å²) in [7, 11) is 0. The molecule has 2 aliphatic rings. The van der Waals surface area contributed by atoms with Gasteiger partial charge in [-0.15, -0.1) is 0 Å². The highest BCUT2D eigenvalue weighted by molar-refractivity contribution is 5.84. The number of carbonyl (C=O) groups excluding carboxylic acids is 1. The van der Waals surface area contributed by atoms with Gasteiger partial charge in [0.1, 0.15) is 5.78 Å².